The highest BCUT2D eigenvalue weighted by atomic mass is 32.1. The molecule has 1 heterocycles. The molecule has 0 aliphatic carbocycles. The standard InChI is InChI=1S/C22H27N3O2S/c1-15-13-19-20(14-16(15)2)28-22(23-19)25(12-6-11-24(3)4)21(26)17-7-9-18(27-5)10-8-17/h7-10,13-14H,6,11-12H2,1-5H3/p+1. The lowest BCUT2D eigenvalue weighted by atomic mass is 10.1. The van der Waals surface area contributed by atoms with Crippen LogP contribution >= 0.6 is 11.3 Å². The van der Waals surface area contributed by atoms with Gasteiger partial charge in [0.25, 0.3) is 5.91 Å². The third-order valence-corrected chi connectivity index (χ3v) is 5.91. The number of hydrogen-bond donors (Lipinski definition) is 1. The first-order valence-corrected chi connectivity index (χ1v) is 10.3. The molecule has 0 radical (unpaired) electrons. The summed E-state index contributed by atoms with van der Waals surface area (Å²) in [6.07, 6.45) is 0.915. The number of anilines is 1. The Bertz CT molecular complexity index is 925. The molecule has 0 saturated heterocycles. The zero-order valence-electron chi connectivity index (χ0n) is 17.2. The van der Waals surface area contributed by atoms with Gasteiger partial charge in [-0.1, -0.05) is 11.3 Å². The van der Waals surface area contributed by atoms with Crippen molar-refractivity contribution in [2.45, 2.75) is 20.3 Å². The van der Waals surface area contributed by atoms with Crippen LogP contribution in [-0.2, 0) is 0 Å². The first-order chi connectivity index (χ1) is 13.4. The van der Waals surface area contributed by atoms with E-state index in [1.807, 2.05) is 29.2 Å². The van der Waals surface area contributed by atoms with Gasteiger partial charge in [0.2, 0.25) is 0 Å². The molecule has 1 amide bonds. The van der Waals surface area contributed by atoms with E-state index in [1.54, 1.807) is 18.4 Å². The number of aryl methyl sites for hydroxylation is 2. The number of thiazole rings is 1. The number of nitrogens with one attached hydrogen (secondary N) is 1. The maximum absolute atomic E-state index is 13.3. The van der Waals surface area contributed by atoms with Crippen molar-refractivity contribution < 1.29 is 14.4 Å². The third kappa shape index (κ3) is 4.51. The van der Waals surface area contributed by atoms with E-state index in [-0.39, 0.29) is 5.91 Å². The van der Waals surface area contributed by atoms with Gasteiger partial charge in [0.15, 0.2) is 5.13 Å². The topological polar surface area (TPSA) is 46.9 Å². The lowest BCUT2D eigenvalue weighted by Gasteiger charge is -2.20. The predicted octanol–water partition coefficient (Wildman–Crippen LogP) is 3.10. The molecule has 0 atom stereocenters. The van der Waals surface area contributed by atoms with Gasteiger partial charge in [0.1, 0.15) is 5.75 Å². The van der Waals surface area contributed by atoms with Crippen LogP contribution in [0.2, 0.25) is 0 Å². The van der Waals surface area contributed by atoms with Gasteiger partial charge in [-0.05, 0) is 61.4 Å². The summed E-state index contributed by atoms with van der Waals surface area (Å²) in [5.74, 6) is 0.717. The van der Waals surface area contributed by atoms with Crippen molar-refractivity contribution in [3.8, 4) is 5.75 Å². The van der Waals surface area contributed by atoms with E-state index in [0.717, 1.165) is 34.1 Å². The number of carbonyl (C=O) groups is 1. The van der Waals surface area contributed by atoms with Gasteiger partial charge in [-0.3, -0.25) is 9.69 Å². The normalized spacial score (nSPS) is 11.2. The molecular weight excluding hydrogens is 370 g/mol. The SMILES string of the molecule is COc1ccc(C(=O)N(CCC[NH+](C)C)c2nc3cc(C)c(C)cc3s2)cc1. The number of methoxy groups -OCH3 is 1. The minimum absolute atomic E-state index is 0.0242. The van der Waals surface area contributed by atoms with Crippen molar-refractivity contribution in [3.05, 3.63) is 53.1 Å². The summed E-state index contributed by atoms with van der Waals surface area (Å²) in [5, 5.41) is 0.759. The summed E-state index contributed by atoms with van der Waals surface area (Å²) >= 11 is 1.58. The summed E-state index contributed by atoms with van der Waals surface area (Å²) in [4.78, 5) is 21.2. The van der Waals surface area contributed by atoms with Crippen LogP contribution in [0.5, 0.6) is 5.75 Å². The number of fused-ring (bicyclic) bond motifs is 1. The monoisotopic (exact) mass is 398 g/mol. The zero-order chi connectivity index (χ0) is 20.3. The van der Waals surface area contributed by atoms with E-state index >= 15 is 0 Å². The van der Waals surface area contributed by atoms with Crippen LogP contribution in [0.25, 0.3) is 10.2 Å². The highest BCUT2D eigenvalue weighted by Crippen LogP contribution is 2.31. The van der Waals surface area contributed by atoms with Gasteiger partial charge in [-0.2, -0.15) is 0 Å². The highest BCUT2D eigenvalue weighted by molar-refractivity contribution is 7.22. The fourth-order valence-electron chi connectivity index (χ4n) is 3.05. The lowest BCUT2D eigenvalue weighted by Crippen LogP contribution is -3.05. The molecule has 0 aliphatic heterocycles. The maximum Gasteiger partial charge on any atom is 0.260 e. The van der Waals surface area contributed by atoms with Crippen LogP contribution in [0.4, 0.5) is 5.13 Å². The van der Waals surface area contributed by atoms with E-state index in [1.165, 1.54) is 16.0 Å². The zero-order valence-corrected chi connectivity index (χ0v) is 18.0. The third-order valence-electron chi connectivity index (χ3n) is 4.86. The van der Waals surface area contributed by atoms with Crippen molar-refractivity contribution in [1.29, 1.82) is 0 Å². The van der Waals surface area contributed by atoms with Crippen molar-refractivity contribution in [2.75, 3.05) is 39.2 Å². The Morgan fingerprint density at radius 3 is 2.46 bits per heavy atom. The van der Waals surface area contributed by atoms with Crippen molar-refractivity contribution in [1.82, 2.24) is 4.98 Å². The molecule has 28 heavy (non-hydrogen) atoms. The van der Waals surface area contributed by atoms with Crippen molar-refractivity contribution in [2.24, 2.45) is 0 Å². The Balaban J connectivity index is 1.94. The van der Waals surface area contributed by atoms with Crippen LogP contribution in [0, 0.1) is 13.8 Å². The Morgan fingerprint density at radius 2 is 1.82 bits per heavy atom. The van der Waals surface area contributed by atoms with E-state index in [0.29, 0.717) is 12.1 Å². The number of rotatable bonds is 7. The number of quaternary nitrogens is 1. The fourth-order valence-corrected chi connectivity index (χ4v) is 4.12. The molecule has 2 aromatic carbocycles. The molecular formula is C22H28N3O2S+. The summed E-state index contributed by atoms with van der Waals surface area (Å²) < 4.78 is 6.32. The number of aromatic nitrogens is 1. The molecule has 0 fully saturated rings. The van der Waals surface area contributed by atoms with E-state index < -0.39 is 0 Å². The molecule has 3 rings (SSSR count). The first kappa shape index (κ1) is 20.3. The average molecular weight is 399 g/mol. The average Bonchev–Trinajstić information content (AvgIpc) is 3.07. The van der Waals surface area contributed by atoms with Gasteiger partial charge < -0.3 is 9.64 Å². The smallest absolute Gasteiger partial charge is 0.260 e. The summed E-state index contributed by atoms with van der Waals surface area (Å²) in [5.41, 5.74) is 4.05. The van der Waals surface area contributed by atoms with Crippen molar-refractivity contribution >= 4 is 32.6 Å². The van der Waals surface area contributed by atoms with Crippen LogP contribution < -0.4 is 14.5 Å². The molecule has 0 spiro atoms. The quantitative estimate of drug-likeness (QED) is 0.665. The number of ether oxygens (including phenoxy) is 1. The Hall–Kier alpha value is -2.44. The maximum atomic E-state index is 13.3. The minimum Gasteiger partial charge on any atom is -0.497 e. The molecule has 6 heteroatoms. The molecule has 1 aromatic heterocycles. The molecule has 3 aromatic rings. The second-order valence-electron chi connectivity index (χ2n) is 7.40. The first-order valence-electron chi connectivity index (χ1n) is 9.52. The molecule has 1 N–H and O–H groups in total. The molecule has 148 valence electrons. The summed E-state index contributed by atoms with van der Waals surface area (Å²) in [6, 6.07) is 11.5. The van der Waals surface area contributed by atoms with Crippen molar-refractivity contribution in [3.63, 3.8) is 0 Å². The second-order valence-corrected chi connectivity index (χ2v) is 8.41. The predicted molar refractivity (Wildman–Crippen MR) is 116 cm³/mol. The number of nitrogens with zero attached hydrogens (tertiary/aromatic N) is 2. The van der Waals surface area contributed by atoms with Crippen LogP contribution in [0.15, 0.2) is 36.4 Å². The minimum atomic E-state index is -0.0242. The van der Waals surface area contributed by atoms with Gasteiger partial charge in [0, 0.05) is 18.5 Å². The van der Waals surface area contributed by atoms with Gasteiger partial charge in [0.05, 0.1) is 38.0 Å². The molecule has 0 unspecified atom stereocenters. The summed E-state index contributed by atoms with van der Waals surface area (Å²) in [7, 11) is 5.87. The van der Waals surface area contributed by atoms with Crippen LogP contribution in [0.3, 0.4) is 0 Å². The molecule has 0 aliphatic rings. The molecule has 0 bridgehead atoms. The van der Waals surface area contributed by atoms with E-state index in [2.05, 4.69) is 40.1 Å². The second kappa shape index (κ2) is 8.71. The molecule has 5 nitrogen and oxygen atoms in total. The highest BCUT2D eigenvalue weighted by Gasteiger charge is 2.22. The van der Waals surface area contributed by atoms with Gasteiger partial charge >= 0.3 is 0 Å². The summed E-state index contributed by atoms with van der Waals surface area (Å²) in [6.45, 7) is 5.84. The Morgan fingerprint density at radius 1 is 1.14 bits per heavy atom. The largest absolute Gasteiger partial charge is 0.497 e. The lowest BCUT2D eigenvalue weighted by molar-refractivity contribution is -0.858. The Labute approximate surface area is 170 Å². The number of hydrogen-bond acceptors (Lipinski definition) is 4. The van der Waals surface area contributed by atoms with Gasteiger partial charge in [-0.25, -0.2) is 4.98 Å². The number of benzene rings is 2. The fraction of sp³-hybridized carbons (Fsp3) is 0.364. The molecule has 0 saturated carbocycles. The Kier molecular flexibility index (Phi) is 6.31. The van der Waals surface area contributed by atoms with Gasteiger partial charge in [-0.15, -0.1) is 0 Å². The van der Waals surface area contributed by atoms with E-state index in [9.17, 15) is 4.79 Å². The number of amides is 1. The number of carbonyl (C=O) groups excluding carboxylic acids is 1. The van der Waals surface area contributed by atoms with E-state index in [4.69, 9.17) is 9.72 Å². The van der Waals surface area contributed by atoms with Crippen LogP contribution in [0.1, 0.15) is 27.9 Å². The van der Waals surface area contributed by atoms with Crippen LogP contribution in [-0.4, -0.2) is 45.2 Å².